The molecule has 0 spiro atoms. The summed E-state index contributed by atoms with van der Waals surface area (Å²) in [4.78, 5) is 8.49. The van der Waals surface area contributed by atoms with Crippen molar-refractivity contribution in [1.29, 1.82) is 0 Å². The highest BCUT2D eigenvalue weighted by Crippen LogP contribution is 2.32. The van der Waals surface area contributed by atoms with Gasteiger partial charge < -0.3 is 10.6 Å². The molecule has 2 aromatic rings. The molecule has 1 aromatic heterocycles. The van der Waals surface area contributed by atoms with Crippen LogP contribution in [0.3, 0.4) is 0 Å². The Kier molecular flexibility index (Phi) is 3.89. The molecule has 1 heterocycles. The van der Waals surface area contributed by atoms with E-state index in [0.717, 1.165) is 5.82 Å². The first kappa shape index (κ1) is 12.9. The lowest BCUT2D eigenvalue weighted by atomic mass is 10.3. The van der Waals surface area contributed by atoms with Gasteiger partial charge in [0.15, 0.2) is 0 Å². The summed E-state index contributed by atoms with van der Waals surface area (Å²) in [7, 11) is 1.80. The van der Waals surface area contributed by atoms with Crippen LogP contribution in [0.1, 0.15) is 5.82 Å². The molecule has 0 unspecified atom stereocenters. The SMILES string of the molecule is CNc1cc(Nc2c(Cl)cccc2Cl)nc(C)n1. The van der Waals surface area contributed by atoms with E-state index in [9.17, 15) is 0 Å². The maximum atomic E-state index is 6.09. The minimum atomic E-state index is 0.546. The fourth-order valence-electron chi connectivity index (χ4n) is 1.51. The molecule has 0 saturated carbocycles. The van der Waals surface area contributed by atoms with Crippen molar-refractivity contribution in [2.45, 2.75) is 6.92 Å². The fourth-order valence-corrected chi connectivity index (χ4v) is 2.00. The van der Waals surface area contributed by atoms with Gasteiger partial charge >= 0.3 is 0 Å². The first-order chi connectivity index (χ1) is 8.60. The largest absolute Gasteiger partial charge is 0.373 e. The first-order valence-electron chi connectivity index (χ1n) is 5.34. The van der Waals surface area contributed by atoms with E-state index in [4.69, 9.17) is 23.2 Å². The summed E-state index contributed by atoms with van der Waals surface area (Å²) >= 11 is 12.2. The number of aromatic nitrogens is 2. The number of rotatable bonds is 3. The molecule has 2 rings (SSSR count). The molecule has 0 fully saturated rings. The Morgan fingerprint density at radius 1 is 1.06 bits per heavy atom. The molecular formula is C12H12Cl2N4. The Morgan fingerprint density at radius 2 is 1.67 bits per heavy atom. The van der Waals surface area contributed by atoms with Gasteiger partial charge in [0.05, 0.1) is 15.7 Å². The van der Waals surface area contributed by atoms with Gasteiger partial charge in [0.1, 0.15) is 17.5 Å². The van der Waals surface area contributed by atoms with Crippen LogP contribution in [0.4, 0.5) is 17.3 Å². The molecule has 18 heavy (non-hydrogen) atoms. The number of nitrogens with zero attached hydrogens (tertiary/aromatic N) is 2. The molecule has 0 aliphatic rings. The van der Waals surface area contributed by atoms with E-state index in [1.54, 1.807) is 31.3 Å². The highest BCUT2D eigenvalue weighted by Gasteiger charge is 2.07. The van der Waals surface area contributed by atoms with Crippen LogP contribution in [0.2, 0.25) is 10.0 Å². The quantitative estimate of drug-likeness (QED) is 0.897. The van der Waals surface area contributed by atoms with Gasteiger partial charge in [-0.25, -0.2) is 9.97 Å². The van der Waals surface area contributed by atoms with Crippen LogP contribution < -0.4 is 10.6 Å². The minimum Gasteiger partial charge on any atom is -0.373 e. The summed E-state index contributed by atoms with van der Waals surface area (Å²) in [5.41, 5.74) is 0.640. The molecule has 4 nitrogen and oxygen atoms in total. The zero-order valence-electron chi connectivity index (χ0n) is 9.96. The summed E-state index contributed by atoms with van der Waals surface area (Å²) in [5.74, 6) is 2.03. The van der Waals surface area contributed by atoms with E-state index in [1.807, 2.05) is 6.92 Å². The number of aryl methyl sites for hydroxylation is 1. The normalized spacial score (nSPS) is 10.2. The monoisotopic (exact) mass is 282 g/mol. The number of benzene rings is 1. The lowest BCUT2D eigenvalue weighted by Gasteiger charge is -2.11. The third-order valence-electron chi connectivity index (χ3n) is 2.31. The average molecular weight is 283 g/mol. The second-order valence-electron chi connectivity index (χ2n) is 3.66. The van der Waals surface area contributed by atoms with Crippen LogP contribution >= 0.6 is 23.2 Å². The van der Waals surface area contributed by atoms with Gasteiger partial charge in [-0.15, -0.1) is 0 Å². The maximum absolute atomic E-state index is 6.09. The number of hydrogen-bond acceptors (Lipinski definition) is 4. The number of anilines is 3. The summed E-state index contributed by atoms with van der Waals surface area (Å²) < 4.78 is 0. The van der Waals surface area contributed by atoms with Crippen LogP contribution in [0.25, 0.3) is 0 Å². The van der Waals surface area contributed by atoms with Crippen LogP contribution in [0.15, 0.2) is 24.3 Å². The summed E-state index contributed by atoms with van der Waals surface area (Å²) in [5, 5.41) is 7.16. The van der Waals surface area contributed by atoms with Crippen molar-refractivity contribution >= 4 is 40.5 Å². The Balaban J connectivity index is 2.37. The third-order valence-corrected chi connectivity index (χ3v) is 2.94. The molecule has 0 bridgehead atoms. The number of para-hydroxylation sites is 1. The van der Waals surface area contributed by atoms with Crippen LogP contribution in [0.5, 0.6) is 0 Å². The number of halogens is 2. The molecule has 1 aromatic carbocycles. The topological polar surface area (TPSA) is 49.8 Å². The van der Waals surface area contributed by atoms with E-state index in [2.05, 4.69) is 20.6 Å². The fraction of sp³-hybridized carbons (Fsp3) is 0.167. The molecule has 0 amide bonds. The van der Waals surface area contributed by atoms with Gasteiger partial charge in [0.2, 0.25) is 0 Å². The van der Waals surface area contributed by atoms with Crippen molar-refractivity contribution in [3.8, 4) is 0 Å². The second-order valence-corrected chi connectivity index (χ2v) is 4.47. The molecule has 0 aliphatic heterocycles. The molecular weight excluding hydrogens is 271 g/mol. The predicted octanol–water partition coefficient (Wildman–Crippen LogP) is 3.88. The zero-order chi connectivity index (χ0) is 13.1. The van der Waals surface area contributed by atoms with Crippen molar-refractivity contribution < 1.29 is 0 Å². The molecule has 2 N–H and O–H groups in total. The van der Waals surface area contributed by atoms with Crippen LogP contribution in [-0.2, 0) is 0 Å². The van der Waals surface area contributed by atoms with E-state index in [0.29, 0.717) is 27.4 Å². The molecule has 0 atom stereocenters. The smallest absolute Gasteiger partial charge is 0.136 e. The van der Waals surface area contributed by atoms with E-state index in [-0.39, 0.29) is 0 Å². The second kappa shape index (κ2) is 5.42. The maximum Gasteiger partial charge on any atom is 0.136 e. The van der Waals surface area contributed by atoms with Gasteiger partial charge in [-0.05, 0) is 19.1 Å². The molecule has 94 valence electrons. The summed E-state index contributed by atoms with van der Waals surface area (Å²) in [6.07, 6.45) is 0. The van der Waals surface area contributed by atoms with Crippen molar-refractivity contribution in [2.75, 3.05) is 17.7 Å². The lowest BCUT2D eigenvalue weighted by Crippen LogP contribution is -2.01. The standard InChI is InChI=1S/C12H12Cl2N4/c1-7-16-10(15-2)6-11(17-7)18-12-8(13)4-3-5-9(12)14/h3-6H,1-2H3,(H2,15,16,17,18). The Labute approximate surface area is 115 Å². The highest BCUT2D eigenvalue weighted by molar-refractivity contribution is 6.39. The third kappa shape index (κ3) is 2.83. The molecule has 6 heteroatoms. The summed E-state index contributed by atoms with van der Waals surface area (Å²) in [6.45, 7) is 1.82. The Bertz CT molecular complexity index is 552. The molecule has 0 saturated heterocycles. The van der Waals surface area contributed by atoms with Gasteiger partial charge in [-0.1, -0.05) is 29.3 Å². The summed E-state index contributed by atoms with van der Waals surface area (Å²) in [6, 6.07) is 7.11. The van der Waals surface area contributed by atoms with Gasteiger partial charge in [0.25, 0.3) is 0 Å². The van der Waals surface area contributed by atoms with Crippen molar-refractivity contribution in [3.05, 3.63) is 40.1 Å². The van der Waals surface area contributed by atoms with E-state index >= 15 is 0 Å². The predicted molar refractivity (Wildman–Crippen MR) is 76.1 cm³/mol. The van der Waals surface area contributed by atoms with Gasteiger partial charge in [-0.3, -0.25) is 0 Å². The van der Waals surface area contributed by atoms with E-state index in [1.165, 1.54) is 0 Å². The van der Waals surface area contributed by atoms with Crippen molar-refractivity contribution in [2.24, 2.45) is 0 Å². The molecule has 0 aliphatic carbocycles. The average Bonchev–Trinajstić information content (AvgIpc) is 2.33. The van der Waals surface area contributed by atoms with Crippen molar-refractivity contribution in [3.63, 3.8) is 0 Å². The van der Waals surface area contributed by atoms with E-state index < -0.39 is 0 Å². The molecule has 0 radical (unpaired) electrons. The van der Waals surface area contributed by atoms with Gasteiger partial charge in [0, 0.05) is 13.1 Å². The van der Waals surface area contributed by atoms with Crippen molar-refractivity contribution in [1.82, 2.24) is 9.97 Å². The first-order valence-corrected chi connectivity index (χ1v) is 6.10. The highest BCUT2D eigenvalue weighted by atomic mass is 35.5. The number of nitrogens with one attached hydrogen (secondary N) is 2. The zero-order valence-corrected chi connectivity index (χ0v) is 11.5. The lowest BCUT2D eigenvalue weighted by molar-refractivity contribution is 1.06. The van der Waals surface area contributed by atoms with Gasteiger partial charge in [-0.2, -0.15) is 0 Å². The minimum absolute atomic E-state index is 0.546. The van der Waals surface area contributed by atoms with Crippen LogP contribution in [0, 0.1) is 6.92 Å². The van der Waals surface area contributed by atoms with Crippen LogP contribution in [-0.4, -0.2) is 17.0 Å². The number of hydrogen-bond donors (Lipinski definition) is 2. The Morgan fingerprint density at radius 3 is 2.28 bits per heavy atom. The Hall–Kier alpha value is -1.52.